The molecule has 0 amide bonds. The Kier molecular flexibility index (Phi) is 43.6. The molecule has 0 bridgehead atoms. The van der Waals surface area contributed by atoms with E-state index in [1.54, 1.807) is 0 Å². The quantitative estimate of drug-likeness (QED) is 0.0865. The first-order valence-corrected chi connectivity index (χ1v) is 13.5. The Balaban J connectivity index is -0.000000882. The normalized spacial score (nSPS) is 10.3. The van der Waals surface area contributed by atoms with E-state index in [9.17, 15) is 0 Å². The molecule has 2 heteroatoms. The van der Waals surface area contributed by atoms with Gasteiger partial charge in [0, 0.05) is 13.2 Å². The Hall–Kier alpha value is 0.700. The second kappa shape index (κ2) is 37.0. The van der Waals surface area contributed by atoms with E-state index in [-0.39, 0.29) is 31.0 Å². The van der Waals surface area contributed by atoms with E-state index in [1.165, 1.54) is 141 Å². The van der Waals surface area contributed by atoms with Crippen LogP contribution in [0.5, 0.6) is 0 Å². The molecule has 178 valence electrons. The van der Waals surface area contributed by atoms with Gasteiger partial charge < -0.3 is 6.16 Å². The van der Waals surface area contributed by atoms with Gasteiger partial charge in [-0.3, -0.25) is 0 Å². The number of rotatable bonds is 24. The molecule has 0 saturated carbocycles. The van der Waals surface area contributed by atoms with E-state index in [2.05, 4.69) is 27.0 Å². The van der Waals surface area contributed by atoms with Crippen molar-refractivity contribution >= 4 is 0 Å². The van der Waals surface area contributed by atoms with Crippen LogP contribution < -0.4 is 29.6 Å². The van der Waals surface area contributed by atoms with Crippen molar-refractivity contribution in [3.8, 4) is 0 Å². The van der Waals surface area contributed by atoms with Gasteiger partial charge in [0.25, 0.3) is 0 Å². The number of hydrogen-bond donors (Lipinski definition) is 0. The van der Waals surface area contributed by atoms with Gasteiger partial charge in [0.05, 0.1) is 0 Å². The Morgan fingerprint density at radius 3 is 0.833 bits per heavy atom. The van der Waals surface area contributed by atoms with Crippen LogP contribution in [0.15, 0.2) is 13.2 Å². The largest absolute Gasteiger partial charge is 1.00 e. The number of ether oxygens (including phenoxy) is 1. The van der Waals surface area contributed by atoms with Crippen LogP contribution in [0.1, 0.15) is 157 Å². The van der Waals surface area contributed by atoms with Crippen molar-refractivity contribution in [2.24, 2.45) is 0 Å². The van der Waals surface area contributed by atoms with Crippen molar-refractivity contribution in [1.82, 2.24) is 0 Å². The summed E-state index contributed by atoms with van der Waals surface area (Å²) in [7, 11) is 0. The first-order valence-electron chi connectivity index (χ1n) is 13.5. The topological polar surface area (TPSA) is 9.23 Å². The summed E-state index contributed by atoms with van der Waals surface area (Å²) in [4.78, 5) is 0. The molecule has 0 spiro atoms. The van der Waals surface area contributed by atoms with Gasteiger partial charge in [0.2, 0.25) is 0 Å². The van der Waals surface area contributed by atoms with E-state index < -0.39 is 0 Å². The van der Waals surface area contributed by atoms with E-state index in [0.717, 1.165) is 13.2 Å². The summed E-state index contributed by atoms with van der Waals surface area (Å²) in [6.07, 6.45) is 31.1. The molecule has 1 nitrogen and oxygen atoms in total. The Morgan fingerprint density at radius 2 is 0.600 bits per heavy atom. The average Bonchev–Trinajstić information content (AvgIpc) is 2.75. The minimum absolute atomic E-state index is 0. The van der Waals surface area contributed by atoms with Gasteiger partial charge in [-0.2, -0.15) is 0 Å². The maximum atomic E-state index is 5.80. The first kappa shape index (κ1) is 35.3. The zero-order chi connectivity index (χ0) is 21.7. The molecule has 0 aromatic heterocycles. The molecule has 0 unspecified atom stereocenters. The smallest absolute Gasteiger partial charge is 1.00 e. The van der Waals surface area contributed by atoms with Gasteiger partial charge >= 0.3 is 29.6 Å². The fourth-order valence-corrected chi connectivity index (χ4v) is 3.84. The fraction of sp³-hybridized carbons (Fsp3) is 0.929. The van der Waals surface area contributed by atoms with Crippen molar-refractivity contribution in [2.45, 2.75) is 155 Å². The van der Waals surface area contributed by atoms with Gasteiger partial charge in [0.15, 0.2) is 0 Å². The molecule has 0 aliphatic heterocycles. The van der Waals surface area contributed by atoms with Gasteiger partial charge in [0.1, 0.15) is 0 Å². The second-order valence-electron chi connectivity index (χ2n) is 8.68. The molecular formula is C28H59NaO. The summed E-state index contributed by atoms with van der Waals surface area (Å²) in [5, 5.41) is 0. The summed E-state index contributed by atoms with van der Waals surface area (Å²) >= 11 is 0. The summed E-state index contributed by atoms with van der Waals surface area (Å²) < 4.78 is 5.80. The standard InChI is InChI=1S/C26H54O.C2H4.Na.H/c1-3-5-7-9-11-13-15-17-19-21-23-25-27-26-24-22-20-18-16-14-12-10-8-6-4-2;1-2;;/h3-26H2,1-2H3;1-2H2;;/q;;+1;-1. The van der Waals surface area contributed by atoms with Crippen LogP contribution in [0, 0.1) is 0 Å². The molecule has 0 atom stereocenters. The molecular weight excluding hydrogens is 375 g/mol. The minimum atomic E-state index is 0. The fourth-order valence-electron chi connectivity index (χ4n) is 3.84. The molecule has 0 radical (unpaired) electrons. The van der Waals surface area contributed by atoms with Gasteiger partial charge in [-0.1, -0.05) is 142 Å². The van der Waals surface area contributed by atoms with Crippen molar-refractivity contribution in [1.29, 1.82) is 0 Å². The van der Waals surface area contributed by atoms with Crippen LogP contribution in [-0.4, -0.2) is 13.2 Å². The van der Waals surface area contributed by atoms with Crippen LogP contribution in [0.4, 0.5) is 0 Å². The number of hydrogen-bond acceptors (Lipinski definition) is 1. The third kappa shape index (κ3) is 36.1. The molecule has 0 aromatic rings. The molecule has 0 fully saturated rings. The molecule has 30 heavy (non-hydrogen) atoms. The second-order valence-corrected chi connectivity index (χ2v) is 8.68. The van der Waals surface area contributed by atoms with Crippen molar-refractivity contribution in [2.75, 3.05) is 13.2 Å². The summed E-state index contributed by atoms with van der Waals surface area (Å²) in [5.41, 5.74) is 0. The zero-order valence-corrected chi connectivity index (χ0v) is 23.8. The summed E-state index contributed by atoms with van der Waals surface area (Å²) in [5.74, 6) is 0. The van der Waals surface area contributed by atoms with E-state index in [1.807, 2.05) is 0 Å². The molecule has 0 aliphatic carbocycles. The molecule has 0 aliphatic rings. The van der Waals surface area contributed by atoms with Gasteiger partial charge in [-0.25, -0.2) is 0 Å². The van der Waals surface area contributed by atoms with Crippen molar-refractivity contribution in [3.05, 3.63) is 13.2 Å². The van der Waals surface area contributed by atoms with Crippen LogP contribution in [0.3, 0.4) is 0 Å². The van der Waals surface area contributed by atoms with E-state index in [4.69, 9.17) is 4.74 Å². The molecule has 0 heterocycles. The maximum absolute atomic E-state index is 5.80. The van der Waals surface area contributed by atoms with Gasteiger partial charge in [-0.05, 0) is 12.8 Å². The minimum Gasteiger partial charge on any atom is -1.00 e. The Morgan fingerprint density at radius 1 is 0.400 bits per heavy atom. The van der Waals surface area contributed by atoms with Crippen LogP contribution in [0.2, 0.25) is 0 Å². The number of unbranched alkanes of at least 4 members (excludes halogenated alkanes) is 20. The zero-order valence-electron chi connectivity index (χ0n) is 22.8. The predicted octanol–water partition coefficient (Wildman–Crippen LogP) is 7.54. The molecule has 0 N–H and O–H groups in total. The van der Waals surface area contributed by atoms with Crippen LogP contribution in [-0.2, 0) is 4.74 Å². The van der Waals surface area contributed by atoms with Crippen molar-refractivity contribution < 1.29 is 35.7 Å². The maximum Gasteiger partial charge on any atom is 1.00 e. The summed E-state index contributed by atoms with van der Waals surface area (Å²) in [6.45, 7) is 12.6. The Labute approximate surface area is 216 Å². The molecule has 0 saturated heterocycles. The predicted molar refractivity (Wildman–Crippen MR) is 136 cm³/mol. The Bertz CT molecular complexity index is 239. The van der Waals surface area contributed by atoms with Crippen molar-refractivity contribution in [3.63, 3.8) is 0 Å². The van der Waals surface area contributed by atoms with E-state index >= 15 is 0 Å². The third-order valence-electron chi connectivity index (χ3n) is 5.78. The molecule has 0 rings (SSSR count). The average molecular weight is 435 g/mol. The van der Waals surface area contributed by atoms with Crippen LogP contribution in [0.25, 0.3) is 0 Å². The van der Waals surface area contributed by atoms with Gasteiger partial charge in [-0.15, -0.1) is 13.2 Å². The monoisotopic (exact) mass is 434 g/mol. The third-order valence-corrected chi connectivity index (χ3v) is 5.78. The SMILES string of the molecule is C=C.CCCCCCCCCCCCCOCCCCCCCCCCCCC.[H-].[Na+]. The molecule has 0 aromatic carbocycles. The van der Waals surface area contributed by atoms with E-state index in [0.29, 0.717) is 0 Å². The van der Waals surface area contributed by atoms with Crippen LogP contribution >= 0.6 is 0 Å². The summed E-state index contributed by atoms with van der Waals surface area (Å²) in [6, 6.07) is 0. The first-order chi connectivity index (χ1) is 14.4.